The first-order chi connectivity index (χ1) is 15.0. The van der Waals surface area contributed by atoms with Crippen LogP contribution in [0.1, 0.15) is 46.3 Å². The van der Waals surface area contributed by atoms with Gasteiger partial charge in [-0.05, 0) is 67.6 Å². The minimum atomic E-state index is -0.337. The fraction of sp³-hybridized carbons (Fsp3) is 0.269. The van der Waals surface area contributed by atoms with Gasteiger partial charge >= 0.3 is 5.97 Å². The monoisotopic (exact) mass is 413 g/mol. The van der Waals surface area contributed by atoms with Crippen molar-refractivity contribution < 1.29 is 9.53 Å². The molecule has 4 aromatic rings. The number of fused-ring (bicyclic) bond motifs is 1. The fourth-order valence-corrected chi connectivity index (χ4v) is 3.98. The molecule has 0 bridgehead atoms. The van der Waals surface area contributed by atoms with E-state index >= 15 is 0 Å². The molecule has 158 valence electrons. The standard InChI is InChI=1S/C26H27N3O2/c1-6-9-23-28-24-17(3)16(2)18(4)27-25(24)29(23)20-14-12-19(13-15-20)21-10-7-8-11-22(21)26(30)31-5/h7-8,10-15H,6,9H2,1-5H3. The molecule has 0 aliphatic carbocycles. The first-order valence-electron chi connectivity index (χ1n) is 10.6. The van der Waals surface area contributed by atoms with Gasteiger partial charge in [-0.3, -0.25) is 4.57 Å². The van der Waals surface area contributed by atoms with Crippen LogP contribution in [0.2, 0.25) is 0 Å². The van der Waals surface area contributed by atoms with Crippen LogP contribution in [0.25, 0.3) is 28.0 Å². The van der Waals surface area contributed by atoms with Crippen molar-refractivity contribution in [1.82, 2.24) is 14.5 Å². The third kappa shape index (κ3) is 3.61. The lowest BCUT2D eigenvalue weighted by atomic mass is 9.99. The Kier molecular flexibility index (Phi) is 5.59. The molecule has 0 fully saturated rings. The summed E-state index contributed by atoms with van der Waals surface area (Å²) in [6, 6.07) is 15.7. The van der Waals surface area contributed by atoms with E-state index in [-0.39, 0.29) is 5.97 Å². The van der Waals surface area contributed by atoms with Gasteiger partial charge in [-0.25, -0.2) is 14.8 Å². The predicted molar refractivity (Wildman–Crippen MR) is 124 cm³/mol. The van der Waals surface area contributed by atoms with Crippen molar-refractivity contribution >= 4 is 17.1 Å². The Bertz CT molecular complexity index is 1270. The van der Waals surface area contributed by atoms with E-state index in [1.165, 1.54) is 18.2 Å². The molecule has 0 radical (unpaired) electrons. The lowest BCUT2D eigenvalue weighted by Crippen LogP contribution is -2.04. The summed E-state index contributed by atoms with van der Waals surface area (Å²) in [6.07, 6.45) is 1.88. The molecule has 0 unspecified atom stereocenters. The molecule has 0 N–H and O–H groups in total. The van der Waals surface area contributed by atoms with Gasteiger partial charge in [0.15, 0.2) is 5.65 Å². The minimum Gasteiger partial charge on any atom is -0.465 e. The number of rotatable bonds is 5. The van der Waals surface area contributed by atoms with E-state index in [1.807, 2.05) is 37.3 Å². The van der Waals surface area contributed by atoms with E-state index < -0.39 is 0 Å². The van der Waals surface area contributed by atoms with Crippen molar-refractivity contribution in [2.24, 2.45) is 0 Å². The zero-order valence-electron chi connectivity index (χ0n) is 18.7. The van der Waals surface area contributed by atoms with E-state index in [4.69, 9.17) is 14.7 Å². The second-order valence-electron chi connectivity index (χ2n) is 7.82. The first-order valence-corrected chi connectivity index (χ1v) is 10.6. The van der Waals surface area contributed by atoms with Gasteiger partial charge in [0.05, 0.1) is 12.7 Å². The zero-order valence-corrected chi connectivity index (χ0v) is 18.7. The van der Waals surface area contributed by atoms with E-state index in [2.05, 4.69) is 37.5 Å². The highest BCUT2D eigenvalue weighted by Crippen LogP contribution is 2.29. The highest BCUT2D eigenvalue weighted by atomic mass is 16.5. The molecule has 0 saturated carbocycles. The van der Waals surface area contributed by atoms with Crippen molar-refractivity contribution in [2.75, 3.05) is 7.11 Å². The van der Waals surface area contributed by atoms with Crippen LogP contribution in [0.5, 0.6) is 0 Å². The highest BCUT2D eigenvalue weighted by Gasteiger charge is 2.18. The number of imidazole rings is 1. The third-order valence-electron chi connectivity index (χ3n) is 5.90. The van der Waals surface area contributed by atoms with Crippen LogP contribution >= 0.6 is 0 Å². The summed E-state index contributed by atoms with van der Waals surface area (Å²) in [5.41, 5.74) is 8.64. The van der Waals surface area contributed by atoms with Gasteiger partial charge < -0.3 is 4.74 Å². The molecule has 0 amide bonds. The Balaban J connectivity index is 1.85. The number of nitrogens with zero attached hydrogens (tertiary/aromatic N) is 3. The van der Waals surface area contributed by atoms with E-state index in [0.717, 1.165) is 52.3 Å². The Morgan fingerprint density at radius 1 is 0.968 bits per heavy atom. The van der Waals surface area contributed by atoms with Crippen molar-refractivity contribution in [3.05, 3.63) is 76.7 Å². The Labute approximate surface area is 182 Å². The first kappa shape index (κ1) is 20.8. The van der Waals surface area contributed by atoms with Crippen molar-refractivity contribution in [2.45, 2.75) is 40.5 Å². The second-order valence-corrected chi connectivity index (χ2v) is 7.82. The number of benzene rings is 2. The Morgan fingerprint density at radius 2 is 1.68 bits per heavy atom. The molecule has 2 heterocycles. The van der Waals surface area contributed by atoms with E-state index in [9.17, 15) is 4.79 Å². The molecular formula is C26H27N3O2. The number of hydrogen-bond donors (Lipinski definition) is 0. The van der Waals surface area contributed by atoms with Crippen LogP contribution in [-0.2, 0) is 11.2 Å². The summed E-state index contributed by atoms with van der Waals surface area (Å²) in [5.74, 6) is 0.678. The number of carbonyl (C=O) groups is 1. The molecule has 31 heavy (non-hydrogen) atoms. The SMILES string of the molecule is CCCc1nc2c(C)c(C)c(C)nc2n1-c1ccc(-c2ccccc2C(=O)OC)cc1. The van der Waals surface area contributed by atoms with Gasteiger partial charge in [0.2, 0.25) is 0 Å². The maximum Gasteiger partial charge on any atom is 0.338 e. The highest BCUT2D eigenvalue weighted by molar-refractivity contribution is 5.97. The van der Waals surface area contributed by atoms with Crippen LogP contribution in [0.4, 0.5) is 0 Å². The largest absolute Gasteiger partial charge is 0.465 e. The lowest BCUT2D eigenvalue weighted by molar-refractivity contribution is 0.0601. The lowest BCUT2D eigenvalue weighted by Gasteiger charge is -2.12. The number of methoxy groups -OCH3 is 1. The second kappa shape index (κ2) is 8.34. The Morgan fingerprint density at radius 3 is 2.35 bits per heavy atom. The number of esters is 1. The van der Waals surface area contributed by atoms with E-state index in [0.29, 0.717) is 5.56 Å². The van der Waals surface area contributed by atoms with E-state index in [1.54, 1.807) is 6.07 Å². The topological polar surface area (TPSA) is 57.0 Å². The third-order valence-corrected chi connectivity index (χ3v) is 5.90. The molecule has 2 aromatic carbocycles. The van der Waals surface area contributed by atoms with Crippen LogP contribution in [0.3, 0.4) is 0 Å². The van der Waals surface area contributed by atoms with Crippen LogP contribution in [-0.4, -0.2) is 27.6 Å². The summed E-state index contributed by atoms with van der Waals surface area (Å²) >= 11 is 0. The molecule has 0 spiro atoms. The van der Waals surface area contributed by atoms with Crippen molar-refractivity contribution in [1.29, 1.82) is 0 Å². The van der Waals surface area contributed by atoms with Gasteiger partial charge in [0.1, 0.15) is 11.3 Å². The summed E-state index contributed by atoms with van der Waals surface area (Å²) in [5, 5.41) is 0. The van der Waals surface area contributed by atoms with Gasteiger partial charge in [0.25, 0.3) is 0 Å². The van der Waals surface area contributed by atoms with Crippen LogP contribution in [0.15, 0.2) is 48.5 Å². The van der Waals surface area contributed by atoms with Crippen LogP contribution < -0.4 is 0 Å². The van der Waals surface area contributed by atoms with Gasteiger partial charge in [-0.2, -0.15) is 0 Å². The predicted octanol–water partition coefficient (Wildman–Crippen LogP) is 5.75. The number of ether oxygens (including phenoxy) is 1. The Hall–Kier alpha value is -3.47. The molecule has 0 saturated heterocycles. The molecule has 0 aliphatic rings. The summed E-state index contributed by atoms with van der Waals surface area (Å²) in [4.78, 5) is 22.0. The van der Waals surface area contributed by atoms with Crippen molar-refractivity contribution in [3.63, 3.8) is 0 Å². The molecule has 5 heteroatoms. The zero-order chi connectivity index (χ0) is 22.1. The maximum atomic E-state index is 12.2. The number of pyridine rings is 1. The molecule has 4 rings (SSSR count). The summed E-state index contributed by atoms with van der Waals surface area (Å²) in [6.45, 7) is 8.42. The number of carbonyl (C=O) groups excluding carboxylic acids is 1. The molecule has 2 aromatic heterocycles. The fourth-order valence-electron chi connectivity index (χ4n) is 3.98. The number of hydrogen-bond acceptors (Lipinski definition) is 4. The van der Waals surface area contributed by atoms with Crippen LogP contribution in [0, 0.1) is 20.8 Å². The molecule has 0 aliphatic heterocycles. The smallest absolute Gasteiger partial charge is 0.338 e. The number of aromatic nitrogens is 3. The van der Waals surface area contributed by atoms with Gasteiger partial charge in [-0.1, -0.05) is 37.3 Å². The minimum absolute atomic E-state index is 0.337. The number of aryl methyl sites for hydroxylation is 3. The maximum absolute atomic E-state index is 12.2. The van der Waals surface area contributed by atoms with Gasteiger partial charge in [0, 0.05) is 17.8 Å². The molecular weight excluding hydrogens is 386 g/mol. The molecule has 0 atom stereocenters. The average Bonchev–Trinajstić information content (AvgIpc) is 3.15. The van der Waals surface area contributed by atoms with Crippen molar-refractivity contribution in [3.8, 4) is 16.8 Å². The summed E-state index contributed by atoms with van der Waals surface area (Å²) < 4.78 is 7.11. The van der Waals surface area contributed by atoms with Gasteiger partial charge in [-0.15, -0.1) is 0 Å². The average molecular weight is 414 g/mol. The quantitative estimate of drug-likeness (QED) is 0.391. The molecule has 5 nitrogen and oxygen atoms in total. The summed E-state index contributed by atoms with van der Waals surface area (Å²) in [7, 11) is 1.40. The normalized spacial score (nSPS) is 11.1.